The normalized spacial score (nSPS) is 15.0. The van der Waals surface area contributed by atoms with Crippen LogP contribution in [0.25, 0.3) is 10.9 Å². The Kier molecular flexibility index (Phi) is 6.09. The lowest BCUT2D eigenvalue weighted by molar-refractivity contribution is -0.137. The Balaban J connectivity index is 1.53. The molecule has 1 saturated heterocycles. The number of hydrogen-bond acceptors (Lipinski definition) is 2. The molecule has 1 aromatic heterocycles. The Bertz CT molecular complexity index is 1040. The van der Waals surface area contributed by atoms with Gasteiger partial charge >= 0.3 is 6.18 Å². The second-order valence-electron chi connectivity index (χ2n) is 7.57. The summed E-state index contributed by atoms with van der Waals surface area (Å²) in [7, 11) is 0. The molecule has 30 heavy (non-hydrogen) atoms. The van der Waals surface area contributed by atoms with Gasteiger partial charge in [0.25, 0.3) is 0 Å². The zero-order valence-corrected chi connectivity index (χ0v) is 17.3. The first-order valence-electron chi connectivity index (χ1n) is 10.1. The predicted octanol–water partition coefficient (Wildman–Crippen LogP) is 5.96. The number of thioether (sulfide) groups is 1. The van der Waals surface area contributed by atoms with Crippen LogP contribution in [0.4, 0.5) is 13.2 Å². The number of carbonyl (C=O) groups is 1. The molecule has 0 spiro atoms. The van der Waals surface area contributed by atoms with Crippen LogP contribution < -0.4 is 0 Å². The highest BCUT2D eigenvalue weighted by molar-refractivity contribution is 7.98. The Labute approximate surface area is 177 Å². The maximum atomic E-state index is 13.0. The van der Waals surface area contributed by atoms with Crippen molar-refractivity contribution in [3.8, 4) is 0 Å². The van der Waals surface area contributed by atoms with Crippen molar-refractivity contribution in [3.63, 3.8) is 0 Å². The van der Waals surface area contributed by atoms with Crippen LogP contribution in [0.2, 0.25) is 0 Å². The zero-order valence-electron chi connectivity index (χ0n) is 16.5. The summed E-state index contributed by atoms with van der Waals surface area (Å²) in [4.78, 5) is 15.6. The zero-order chi connectivity index (χ0) is 21.1. The van der Waals surface area contributed by atoms with Gasteiger partial charge in [-0.25, -0.2) is 0 Å². The molecule has 1 amide bonds. The molecule has 0 atom stereocenters. The molecular weight excluding hydrogens is 409 g/mol. The molecule has 0 radical (unpaired) electrons. The lowest BCUT2D eigenvalue weighted by Crippen LogP contribution is -2.37. The summed E-state index contributed by atoms with van der Waals surface area (Å²) in [5.41, 5.74) is 0.959. The minimum Gasteiger partial charge on any atom is -0.341 e. The number of para-hydroxylation sites is 1. The van der Waals surface area contributed by atoms with E-state index in [0.717, 1.165) is 47.8 Å². The number of fused-ring (bicyclic) bond motifs is 1. The molecule has 3 aromatic rings. The third-order valence-corrected chi connectivity index (χ3v) is 6.53. The number of piperidine rings is 1. The number of amides is 1. The van der Waals surface area contributed by atoms with E-state index < -0.39 is 11.7 Å². The van der Waals surface area contributed by atoms with Gasteiger partial charge in [0, 0.05) is 40.8 Å². The lowest BCUT2D eigenvalue weighted by atomic mass is 10.1. The van der Waals surface area contributed by atoms with Crippen molar-refractivity contribution in [2.24, 2.45) is 0 Å². The predicted molar refractivity (Wildman–Crippen MR) is 113 cm³/mol. The Hall–Kier alpha value is -2.41. The molecule has 1 fully saturated rings. The van der Waals surface area contributed by atoms with Crippen LogP contribution in [0.1, 0.15) is 30.4 Å². The van der Waals surface area contributed by atoms with Crippen LogP contribution in [-0.2, 0) is 23.3 Å². The molecule has 3 nitrogen and oxygen atoms in total. The van der Waals surface area contributed by atoms with E-state index in [2.05, 4.69) is 0 Å². The van der Waals surface area contributed by atoms with Gasteiger partial charge in [0.1, 0.15) is 6.54 Å². The second kappa shape index (κ2) is 8.76. The first-order valence-corrected chi connectivity index (χ1v) is 11.0. The maximum Gasteiger partial charge on any atom is 0.416 e. The molecule has 0 saturated carbocycles. The van der Waals surface area contributed by atoms with Crippen LogP contribution in [0.15, 0.2) is 59.6 Å². The third kappa shape index (κ3) is 4.67. The molecule has 2 heterocycles. The Morgan fingerprint density at radius 3 is 2.53 bits per heavy atom. The Morgan fingerprint density at radius 1 is 1.00 bits per heavy atom. The van der Waals surface area contributed by atoms with Gasteiger partial charge in [-0.05, 0) is 37.0 Å². The largest absolute Gasteiger partial charge is 0.416 e. The van der Waals surface area contributed by atoms with E-state index in [0.29, 0.717) is 11.3 Å². The average Bonchev–Trinajstić information content (AvgIpc) is 3.10. The highest BCUT2D eigenvalue weighted by Crippen LogP contribution is 2.34. The van der Waals surface area contributed by atoms with Crippen molar-refractivity contribution >= 4 is 28.6 Å². The molecule has 158 valence electrons. The van der Waals surface area contributed by atoms with Crippen molar-refractivity contribution in [1.29, 1.82) is 0 Å². The van der Waals surface area contributed by atoms with Crippen molar-refractivity contribution in [2.75, 3.05) is 13.1 Å². The standard InChI is InChI=1S/C23H23F3N2OS/c24-23(25,26)18-8-6-7-17(13-18)16-30-21-14-28(20-10-3-2-9-19(20)21)15-22(29)27-11-4-1-5-12-27/h2-3,6-10,13-14H,1,4-5,11-12,15-16H2. The van der Waals surface area contributed by atoms with Crippen LogP contribution >= 0.6 is 11.8 Å². The average molecular weight is 433 g/mol. The number of benzene rings is 2. The molecule has 7 heteroatoms. The molecule has 0 unspecified atom stereocenters. The molecule has 4 rings (SSSR count). The molecule has 1 aliphatic rings. The minimum absolute atomic E-state index is 0.116. The number of hydrogen-bond donors (Lipinski definition) is 0. The lowest BCUT2D eigenvalue weighted by Gasteiger charge is -2.27. The van der Waals surface area contributed by atoms with E-state index in [9.17, 15) is 18.0 Å². The van der Waals surface area contributed by atoms with Crippen LogP contribution in [0.5, 0.6) is 0 Å². The molecule has 0 aliphatic carbocycles. The van der Waals surface area contributed by atoms with E-state index in [1.165, 1.54) is 30.3 Å². The topological polar surface area (TPSA) is 25.2 Å². The number of nitrogens with zero attached hydrogens (tertiary/aromatic N) is 2. The summed E-state index contributed by atoms with van der Waals surface area (Å²) in [6.45, 7) is 1.91. The number of likely N-dealkylation sites (tertiary alicyclic amines) is 1. The molecular formula is C23H23F3N2OS. The van der Waals surface area contributed by atoms with Gasteiger partial charge in [0.15, 0.2) is 0 Å². The SMILES string of the molecule is O=C(Cn1cc(SCc2cccc(C(F)(F)F)c2)c2ccccc21)N1CCCCC1. The quantitative estimate of drug-likeness (QED) is 0.465. The third-order valence-electron chi connectivity index (χ3n) is 5.42. The number of alkyl halides is 3. The van der Waals surface area contributed by atoms with E-state index in [-0.39, 0.29) is 12.5 Å². The second-order valence-corrected chi connectivity index (χ2v) is 8.58. The van der Waals surface area contributed by atoms with Gasteiger partial charge in [-0.2, -0.15) is 13.2 Å². The van der Waals surface area contributed by atoms with Gasteiger partial charge in [0.05, 0.1) is 5.56 Å². The van der Waals surface area contributed by atoms with E-state index >= 15 is 0 Å². The van der Waals surface area contributed by atoms with Crippen LogP contribution in [0.3, 0.4) is 0 Å². The van der Waals surface area contributed by atoms with E-state index in [1.54, 1.807) is 6.07 Å². The number of aromatic nitrogens is 1. The van der Waals surface area contributed by atoms with Gasteiger partial charge in [-0.3, -0.25) is 4.79 Å². The first kappa shape index (κ1) is 20.8. The van der Waals surface area contributed by atoms with Crippen molar-refractivity contribution in [1.82, 2.24) is 9.47 Å². The fourth-order valence-electron chi connectivity index (χ4n) is 3.85. The molecule has 0 N–H and O–H groups in total. The minimum atomic E-state index is -4.34. The smallest absolute Gasteiger partial charge is 0.341 e. The highest BCUT2D eigenvalue weighted by atomic mass is 32.2. The Morgan fingerprint density at radius 2 is 1.77 bits per heavy atom. The number of rotatable bonds is 5. The summed E-state index contributed by atoms with van der Waals surface area (Å²) in [6.07, 6.45) is 0.884. The summed E-state index contributed by atoms with van der Waals surface area (Å²) >= 11 is 1.49. The summed E-state index contributed by atoms with van der Waals surface area (Å²) in [5.74, 6) is 0.544. The van der Waals surface area contributed by atoms with E-state index in [4.69, 9.17) is 0 Å². The van der Waals surface area contributed by atoms with Crippen LogP contribution in [0, 0.1) is 0 Å². The summed E-state index contributed by atoms with van der Waals surface area (Å²) in [5, 5.41) is 1.01. The van der Waals surface area contributed by atoms with Crippen molar-refractivity contribution < 1.29 is 18.0 Å². The molecule has 2 aromatic carbocycles. The number of carbonyl (C=O) groups excluding carboxylic acids is 1. The molecule has 0 bridgehead atoms. The summed E-state index contributed by atoms with van der Waals surface area (Å²) < 4.78 is 40.9. The van der Waals surface area contributed by atoms with Gasteiger partial charge in [0.2, 0.25) is 5.91 Å². The van der Waals surface area contributed by atoms with Crippen molar-refractivity contribution in [2.45, 2.75) is 42.6 Å². The maximum absolute atomic E-state index is 13.0. The molecule has 1 aliphatic heterocycles. The number of halogens is 3. The first-order chi connectivity index (χ1) is 14.4. The van der Waals surface area contributed by atoms with Gasteiger partial charge < -0.3 is 9.47 Å². The van der Waals surface area contributed by atoms with E-state index in [1.807, 2.05) is 39.9 Å². The van der Waals surface area contributed by atoms with Crippen LogP contribution in [-0.4, -0.2) is 28.5 Å². The fraction of sp³-hybridized carbons (Fsp3) is 0.348. The summed E-state index contributed by atoms with van der Waals surface area (Å²) in [6, 6.07) is 13.3. The van der Waals surface area contributed by atoms with Gasteiger partial charge in [-0.15, -0.1) is 11.8 Å². The van der Waals surface area contributed by atoms with Gasteiger partial charge in [-0.1, -0.05) is 36.4 Å². The highest BCUT2D eigenvalue weighted by Gasteiger charge is 2.30. The fourth-order valence-corrected chi connectivity index (χ4v) is 4.88. The monoisotopic (exact) mass is 432 g/mol. The van der Waals surface area contributed by atoms with Crippen molar-refractivity contribution in [3.05, 3.63) is 65.9 Å².